The molecule has 2 heterocycles. The summed E-state index contributed by atoms with van der Waals surface area (Å²) in [6.45, 7) is 0. The second kappa shape index (κ2) is 12.4. The summed E-state index contributed by atoms with van der Waals surface area (Å²) in [5.74, 6) is -1.71. The van der Waals surface area contributed by atoms with Gasteiger partial charge in [0.05, 0.1) is 31.9 Å². The molecule has 7 rings (SSSR count). The molecule has 4 aromatic carbocycles. The first-order chi connectivity index (χ1) is 22.2. The standard InChI is InChI=1S/C35H24Cl6N2O3/c36-21-13-9-19(10-14-21)29-31(27-23(38)5-3-6-24(27)39)42-45-34(29)17-1-2-18-35(33(34)44)30(20-11-15-22(37)16-12-20)32(43-46-35)28-25(40)7-4-8-26(28)41/h3-16,29-30H,1-2,17-18H2/t29-,30+,34-,35+. The molecule has 1 fully saturated rings. The number of hydrogen-bond donors (Lipinski definition) is 0. The molecule has 234 valence electrons. The van der Waals surface area contributed by atoms with Crippen LogP contribution in [0.15, 0.2) is 95.2 Å². The van der Waals surface area contributed by atoms with Gasteiger partial charge in [-0.3, -0.25) is 4.79 Å². The SMILES string of the molecule is O=C1[C@]2(CCCC[C@@]13ON=C(c1c(Cl)cccc1Cl)[C@@H]3c1ccc(Cl)cc1)ON=C(c1c(Cl)cccc1Cl)[C@H]2c1ccc(Cl)cc1. The molecule has 4 atom stereocenters. The Morgan fingerprint density at radius 1 is 0.543 bits per heavy atom. The molecule has 2 spiro atoms. The average molecular weight is 733 g/mol. The van der Waals surface area contributed by atoms with Crippen LogP contribution in [0.25, 0.3) is 0 Å². The predicted molar refractivity (Wildman–Crippen MR) is 185 cm³/mol. The Kier molecular flexibility index (Phi) is 8.54. The number of carbonyl (C=O) groups is 1. The Bertz CT molecular complexity index is 1740. The molecule has 0 N–H and O–H groups in total. The maximum atomic E-state index is 15.6. The second-order valence-electron chi connectivity index (χ2n) is 11.6. The van der Waals surface area contributed by atoms with Gasteiger partial charge in [-0.05, 0) is 85.3 Å². The highest BCUT2D eigenvalue weighted by Gasteiger charge is 2.68. The molecule has 0 radical (unpaired) electrons. The van der Waals surface area contributed by atoms with Crippen LogP contribution in [-0.2, 0) is 14.5 Å². The fraction of sp³-hybridized carbons (Fsp3) is 0.229. The number of Topliss-reactive ketones (excluding diaryl/α,β-unsaturated/α-hetero) is 1. The van der Waals surface area contributed by atoms with Gasteiger partial charge in [-0.1, -0.05) is 116 Å². The Balaban J connectivity index is 1.43. The maximum Gasteiger partial charge on any atom is 0.227 e. The van der Waals surface area contributed by atoms with Crippen LogP contribution in [0.3, 0.4) is 0 Å². The molecule has 0 unspecified atom stereocenters. The maximum absolute atomic E-state index is 15.6. The van der Waals surface area contributed by atoms with Gasteiger partial charge in [-0.2, -0.15) is 0 Å². The van der Waals surface area contributed by atoms with Crippen molar-refractivity contribution in [2.24, 2.45) is 10.3 Å². The third kappa shape index (κ3) is 5.11. The van der Waals surface area contributed by atoms with Crippen LogP contribution in [0.4, 0.5) is 0 Å². The lowest BCUT2D eigenvalue weighted by Crippen LogP contribution is -2.57. The summed E-state index contributed by atoms with van der Waals surface area (Å²) in [4.78, 5) is 28.4. The van der Waals surface area contributed by atoms with Crippen molar-refractivity contribution < 1.29 is 14.5 Å². The molecule has 4 aromatic rings. The summed E-state index contributed by atoms with van der Waals surface area (Å²) in [5.41, 5.74) is 0.408. The summed E-state index contributed by atoms with van der Waals surface area (Å²) < 4.78 is 0. The molecular formula is C35H24Cl6N2O3. The van der Waals surface area contributed by atoms with Crippen LogP contribution in [0.2, 0.25) is 30.1 Å². The molecule has 2 aliphatic heterocycles. The van der Waals surface area contributed by atoms with E-state index in [2.05, 4.69) is 10.3 Å². The molecule has 0 aromatic heterocycles. The van der Waals surface area contributed by atoms with E-state index in [4.69, 9.17) is 79.3 Å². The van der Waals surface area contributed by atoms with Gasteiger partial charge in [0, 0.05) is 21.2 Å². The number of oxime groups is 2. The molecule has 0 amide bonds. The summed E-state index contributed by atoms with van der Waals surface area (Å²) >= 11 is 39.6. The Hall–Kier alpha value is -2.77. The zero-order valence-corrected chi connectivity index (χ0v) is 28.5. The van der Waals surface area contributed by atoms with E-state index in [1.165, 1.54) is 0 Å². The number of hydrogen-bond acceptors (Lipinski definition) is 5. The summed E-state index contributed by atoms with van der Waals surface area (Å²) in [7, 11) is 0. The lowest BCUT2D eigenvalue weighted by Gasteiger charge is -2.39. The van der Waals surface area contributed by atoms with Crippen molar-refractivity contribution in [2.75, 3.05) is 0 Å². The molecule has 1 aliphatic carbocycles. The largest absolute Gasteiger partial charge is 0.380 e. The van der Waals surface area contributed by atoms with E-state index in [9.17, 15) is 0 Å². The van der Waals surface area contributed by atoms with Crippen molar-refractivity contribution in [2.45, 2.75) is 48.7 Å². The van der Waals surface area contributed by atoms with E-state index in [-0.39, 0.29) is 5.78 Å². The zero-order chi connectivity index (χ0) is 32.2. The molecule has 11 heteroatoms. The highest BCUT2D eigenvalue weighted by Crippen LogP contribution is 2.55. The van der Waals surface area contributed by atoms with Gasteiger partial charge in [0.2, 0.25) is 17.0 Å². The third-order valence-electron chi connectivity index (χ3n) is 9.05. The van der Waals surface area contributed by atoms with Gasteiger partial charge < -0.3 is 9.68 Å². The van der Waals surface area contributed by atoms with E-state index >= 15 is 4.79 Å². The average Bonchev–Trinajstić information content (AvgIpc) is 3.56. The van der Waals surface area contributed by atoms with Crippen molar-refractivity contribution in [1.29, 1.82) is 0 Å². The van der Waals surface area contributed by atoms with E-state index in [1.54, 1.807) is 60.7 Å². The van der Waals surface area contributed by atoms with E-state index in [0.29, 0.717) is 78.4 Å². The van der Waals surface area contributed by atoms with Crippen molar-refractivity contribution in [3.05, 3.63) is 137 Å². The van der Waals surface area contributed by atoms with E-state index < -0.39 is 23.0 Å². The number of ketones is 1. The Morgan fingerprint density at radius 2 is 0.891 bits per heavy atom. The summed E-state index contributed by atoms with van der Waals surface area (Å²) in [6, 6.07) is 25.0. The van der Waals surface area contributed by atoms with Gasteiger partial charge in [0.15, 0.2) is 0 Å². The molecule has 0 saturated heterocycles. The molecule has 3 aliphatic rings. The third-order valence-corrected chi connectivity index (χ3v) is 10.8. The monoisotopic (exact) mass is 730 g/mol. The molecule has 1 saturated carbocycles. The van der Waals surface area contributed by atoms with Crippen molar-refractivity contribution in [1.82, 2.24) is 0 Å². The van der Waals surface area contributed by atoms with Crippen LogP contribution in [-0.4, -0.2) is 28.4 Å². The normalized spacial score (nSPS) is 25.7. The zero-order valence-electron chi connectivity index (χ0n) is 24.0. The number of rotatable bonds is 4. The molecule has 0 bridgehead atoms. The van der Waals surface area contributed by atoms with Gasteiger partial charge >= 0.3 is 0 Å². The minimum atomic E-state index is -1.50. The highest BCUT2D eigenvalue weighted by atomic mass is 35.5. The smallest absolute Gasteiger partial charge is 0.227 e. The quantitative estimate of drug-likeness (QED) is 0.210. The highest BCUT2D eigenvalue weighted by molar-refractivity contribution is 6.42. The van der Waals surface area contributed by atoms with Gasteiger partial charge in [-0.15, -0.1) is 0 Å². The fourth-order valence-corrected chi connectivity index (χ4v) is 8.46. The van der Waals surface area contributed by atoms with Gasteiger partial charge in [0.1, 0.15) is 11.4 Å². The van der Waals surface area contributed by atoms with Crippen LogP contribution < -0.4 is 0 Å². The summed E-state index contributed by atoms with van der Waals surface area (Å²) in [5, 5.41) is 11.8. The van der Waals surface area contributed by atoms with Crippen LogP contribution in [0.5, 0.6) is 0 Å². The molecule has 5 nitrogen and oxygen atoms in total. The number of halogens is 6. The van der Waals surface area contributed by atoms with Gasteiger partial charge in [0.25, 0.3) is 0 Å². The Morgan fingerprint density at radius 3 is 1.24 bits per heavy atom. The first-order valence-electron chi connectivity index (χ1n) is 14.6. The van der Waals surface area contributed by atoms with E-state index in [1.807, 2.05) is 24.3 Å². The van der Waals surface area contributed by atoms with E-state index in [0.717, 1.165) is 11.1 Å². The number of carbonyl (C=O) groups excluding carboxylic acids is 1. The van der Waals surface area contributed by atoms with Crippen molar-refractivity contribution in [3.8, 4) is 0 Å². The lowest BCUT2D eigenvalue weighted by molar-refractivity contribution is -0.167. The number of nitrogens with zero attached hydrogens (tertiary/aromatic N) is 2. The summed E-state index contributed by atoms with van der Waals surface area (Å²) in [6.07, 6.45) is 2.01. The van der Waals surface area contributed by atoms with Crippen molar-refractivity contribution >= 4 is 86.8 Å². The minimum absolute atomic E-state index is 0.304. The topological polar surface area (TPSA) is 60.2 Å². The van der Waals surface area contributed by atoms with Crippen LogP contribution in [0.1, 0.15) is 59.8 Å². The Labute approximate surface area is 296 Å². The van der Waals surface area contributed by atoms with Crippen molar-refractivity contribution in [3.63, 3.8) is 0 Å². The van der Waals surface area contributed by atoms with Crippen LogP contribution in [0, 0.1) is 0 Å². The number of benzene rings is 4. The molecule has 46 heavy (non-hydrogen) atoms. The predicted octanol–water partition coefficient (Wildman–Crippen LogP) is 11.0. The van der Waals surface area contributed by atoms with Gasteiger partial charge in [-0.25, -0.2) is 0 Å². The second-order valence-corrected chi connectivity index (χ2v) is 14.1. The fourth-order valence-electron chi connectivity index (χ4n) is 7.03. The minimum Gasteiger partial charge on any atom is -0.380 e. The lowest BCUT2D eigenvalue weighted by atomic mass is 9.65. The first kappa shape index (κ1) is 31.8. The molecular weight excluding hydrogens is 709 g/mol. The van der Waals surface area contributed by atoms with Crippen LogP contribution >= 0.6 is 69.6 Å². The first-order valence-corrected chi connectivity index (χ1v) is 16.9.